The summed E-state index contributed by atoms with van der Waals surface area (Å²) in [5, 5.41) is 3.26. The average Bonchev–Trinajstić information content (AvgIpc) is 2.83. The number of nitrogens with zero attached hydrogens (tertiary/aromatic N) is 1. The first-order valence-corrected chi connectivity index (χ1v) is 9.48. The molecule has 1 saturated heterocycles. The molecule has 2 aliphatic rings. The van der Waals surface area contributed by atoms with E-state index in [-0.39, 0.29) is 0 Å². The summed E-state index contributed by atoms with van der Waals surface area (Å²) in [6.45, 7) is 7.09. The summed E-state index contributed by atoms with van der Waals surface area (Å²) in [6.07, 6.45) is 10.3. The molecule has 0 aromatic carbocycles. The van der Waals surface area contributed by atoms with Crippen LogP contribution in [0.15, 0.2) is 6.07 Å². The van der Waals surface area contributed by atoms with Crippen molar-refractivity contribution in [1.29, 1.82) is 0 Å². The second kappa shape index (κ2) is 6.80. The molecular weight excluding hydrogens is 276 g/mol. The van der Waals surface area contributed by atoms with Crippen molar-refractivity contribution < 1.29 is 0 Å². The molecule has 0 radical (unpaired) electrons. The number of nitrogens with one attached hydrogen (secondary N) is 1. The van der Waals surface area contributed by atoms with Gasteiger partial charge in [-0.3, -0.25) is 4.90 Å². The van der Waals surface area contributed by atoms with Crippen LogP contribution in [0.25, 0.3) is 0 Å². The lowest BCUT2D eigenvalue weighted by atomic mass is 9.68. The zero-order chi connectivity index (χ0) is 14.7. The van der Waals surface area contributed by atoms with Gasteiger partial charge in [-0.15, -0.1) is 11.3 Å². The molecule has 21 heavy (non-hydrogen) atoms. The number of hydrogen-bond acceptors (Lipinski definition) is 3. The van der Waals surface area contributed by atoms with Gasteiger partial charge in [0.2, 0.25) is 0 Å². The topological polar surface area (TPSA) is 15.3 Å². The minimum Gasteiger partial charge on any atom is -0.315 e. The zero-order valence-electron chi connectivity index (χ0n) is 13.7. The second-order valence-corrected chi connectivity index (χ2v) is 8.50. The Bertz CT molecular complexity index is 450. The van der Waals surface area contributed by atoms with Gasteiger partial charge >= 0.3 is 0 Å². The Labute approximate surface area is 133 Å². The molecule has 1 aromatic rings. The van der Waals surface area contributed by atoms with E-state index < -0.39 is 0 Å². The first kappa shape index (κ1) is 15.5. The maximum absolute atomic E-state index is 3.26. The van der Waals surface area contributed by atoms with Crippen LogP contribution in [-0.4, -0.2) is 25.0 Å². The second-order valence-electron chi connectivity index (χ2n) is 7.16. The Morgan fingerprint density at radius 3 is 2.52 bits per heavy atom. The highest BCUT2D eigenvalue weighted by Crippen LogP contribution is 2.44. The summed E-state index contributed by atoms with van der Waals surface area (Å²) >= 11 is 1.96. The summed E-state index contributed by atoms with van der Waals surface area (Å²) < 4.78 is 0. The van der Waals surface area contributed by atoms with Crippen molar-refractivity contribution in [3.63, 3.8) is 0 Å². The third kappa shape index (κ3) is 3.69. The molecule has 3 heteroatoms. The van der Waals surface area contributed by atoms with Crippen LogP contribution in [0.1, 0.15) is 60.3 Å². The van der Waals surface area contributed by atoms with Crippen molar-refractivity contribution in [2.45, 2.75) is 65.0 Å². The Morgan fingerprint density at radius 1 is 1.14 bits per heavy atom. The van der Waals surface area contributed by atoms with Gasteiger partial charge in [-0.05, 0) is 69.8 Å². The molecule has 1 aliphatic carbocycles. The highest BCUT2D eigenvalue weighted by atomic mass is 32.1. The third-order valence-corrected chi connectivity index (χ3v) is 6.74. The van der Waals surface area contributed by atoms with Crippen LogP contribution < -0.4 is 5.32 Å². The van der Waals surface area contributed by atoms with Crippen molar-refractivity contribution in [3.8, 4) is 0 Å². The molecule has 3 rings (SSSR count). The standard InChI is InChI=1S/C18H30N2S/c1-15-16(12-17(21-15)13-19-2)14-20-10-8-18(9-11-20)6-4-3-5-7-18/h12,19H,3-11,13-14H2,1-2H3. The average molecular weight is 307 g/mol. The Morgan fingerprint density at radius 2 is 1.86 bits per heavy atom. The molecule has 0 atom stereocenters. The molecule has 0 unspecified atom stereocenters. The predicted octanol–water partition coefficient (Wildman–Crippen LogP) is 4.32. The SMILES string of the molecule is CNCc1cc(CN2CCC3(CCCCC3)CC2)c(C)s1. The summed E-state index contributed by atoms with van der Waals surface area (Å²) in [5.41, 5.74) is 2.29. The van der Waals surface area contributed by atoms with E-state index in [1.165, 1.54) is 74.3 Å². The zero-order valence-corrected chi connectivity index (χ0v) is 14.5. The molecule has 2 nitrogen and oxygen atoms in total. The van der Waals surface area contributed by atoms with E-state index >= 15 is 0 Å². The smallest absolute Gasteiger partial charge is 0.0296 e. The molecular formula is C18H30N2S. The van der Waals surface area contributed by atoms with E-state index in [1.54, 1.807) is 5.56 Å². The van der Waals surface area contributed by atoms with Gasteiger partial charge in [-0.25, -0.2) is 0 Å². The summed E-state index contributed by atoms with van der Waals surface area (Å²) in [5.74, 6) is 0. The van der Waals surface area contributed by atoms with Crippen molar-refractivity contribution >= 4 is 11.3 Å². The molecule has 2 heterocycles. The minimum atomic E-state index is 0.732. The van der Waals surface area contributed by atoms with E-state index in [0.29, 0.717) is 0 Å². The van der Waals surface area contributed by atoms with Crippen molar-refractivity contribution in [3.05, 3.63) is 21.4 Å². The molecule has 1 aromatic heterocycles. The number of aryl methyl sites for hydroxylation is 1. The summed E-state index contributed by atoms with van der Waals surface area (Å²) in [4.78, 5) is 5.68. The summed E-state index contributed by atoms with van der Waals surface area (Å²) in [6, 6.07) is 2.42. The van der Waals surface area contributed by atoms with Crippen molar-refractivity contribution in [2.75, 3.05) is 20.1 Å². The van der Waals surface area contributed by atoms with Gasteiger partial charge in [0.15, 0.2) is 0 Å². The van der Waals surface area contributed by atoms with Crippen LogP contribution in [0, 0.1) is 12.3 Å². The maximum atomic E-state index is 3.26. The first-order chi connectivity index (χ1) is 10.2. The molecule has 0 bridgehead atoms. The molecule has 2 fully saturated rings. The molecule has 1 N–H and O–H groups in total. The largest absolute Gasteiger partial charge is 0.315 e. The highest BCUT2D eigenvalue weighted by Gasteiger charge is 2.35. The van der Waals surface area contributed by atoms with Gasteiger partial charge in [0.05, 0.1) is 0 Å². The fourth-order valence-electron chi connectivity index (χ4n) is 4.23. The quantitative estimate of drug-likeness (QED) is 0.891. The molecule has 0 amide bonds. The molecule has 1 aliphatic heterocycles. The van der Waals surface area contributed by atoms with Gasteiger partial charge in [-0.2, -0.15) is 0 Å². The van der Waals surface area contributed by atoms with Crippen LogP contribution in [0.2, 0.25) is 0 Å². The fraction of sp³-hybridized carbons (Fsp3) is 0.778. The van der Waals surface area contributed by atoms with Crippen LogP contribution in [-0.2, 0) is 13.1 Å². The van der Waals surface area contributed by atoms with Crippen LogP contribution in [0.4, 0.5) is 0 Å². The first-order valence-electron chi connectivity index (χ1n) is 8.66. The van der Waals surface area contributed by atoms with Gasteiger partial charge in [0, 0.05) is 22.8 Å². The lowest BCUT2D eigenvalue weighted by Gasteiger charge is -2.44. The van der Waals surface area contributed by atoms with E-state index in [0.717, 1.165) is 12.0 Å². The lowest BCUT2D eigenvalue weighted by molar-refractivity contribution is 0.0641. The normalized spacial score (nSPS) is 22.8. The predicted molar refractivity (Wildman–Crippen MR) is 91.8 cm³/mol. The van der Waals surface area contributed by atoms with Crippen LogP contribution in [0.3, 0.4) is 0 Å². The number of rotatable bonds is 4. The molecule has 1 spiro atoms. The lowest BCUT2D eigenvalue weighted by Crippen LogP contribution is -2.40. The van der Waals surface area contributed by atoms with Crippen molar-refractivity contribution in [2.24, 2.45) is 5.41 Å². The van der Waals surface area contributed by atoms with Gasteiger partial charge < -0.3 is 5.32 Å². The Hall–Kier alpha value is -0.380. The monoisotopic (exact) mass is 306 g/mol. The Kier molecular flexibility index (Phi) is 5.03. The van der Waals surface area contributed by atoms with E-state index in [2.05, 4.69) is 23.2 Å². The number of likely N-dealkylation sites (tertiary alicyclic amines) is 1. The van der Waals surface area contributed by atoms with E-state index in [1.807, 2.05) is 18.4 Å². The van der Waals surface area contributed by atoms with Gasteiger partial charge in [0.25, 0.3) is 0 Å². The summed E-state index contributed by atoms with van der Waals surface area (Å²) in [7, 11) is 2.03. The number of hydrogen-bond donors (Lipinski definition) is 1. The Balaban J connectivity index is 1.55. The van der Waals surface area contributed by atoms with Gasteiger partial charge in [-0.1, -0.05) is 19.3 Å². The van der Waals surface area contributed by atoms with Crippen LogP contribution in [0.5, 0.6) is 0 Å². The van der Waals surface area contributed by atoms with E-state index in [9.17, 15) is 0 Å². The van der Waals surface area contributed by atoms with Crippen molar-refractivity contribution in [1.82, 2.24) is 10.2 Å². The molecule has 1 saturated carbocycles. The minimum absolute atomic E-state index is 0.732. The van der Waals surface area contributed by atoms with Gasteiger partial charge in [0.1, 0.15) is 0 Å². The molecule has 118 valence electrons. The number of thiophene rings is 1. The van der Waals surface area contributed by atoms with Crippen LogP contribution >= 0.6 is 11.3 Å². The maximum Gasteiger partial charge on any atom is 0.0296 e. The highest BCUT2D eigenvalue weighted by molar-refractivity contribution is 7.12. The fourth-order valence-corrected chi connectivity index (χ4v) is 5.30. The third-order valence-electron chi connectivity index (χ3n) is 5.65. The number of piperidine rings is 1. The van der Waals surface area contributed by atoms with E-state index in [4.69, 9.17) is 0 Å².